The largest absolute Gasteiger partial charge is 0.497 e. The van der Waals surface area contributed by atoms with Crippen LogP contribution >= 0.6 is 0 Å². The lowest BCUT2D eigenvalue weighted by Crippen LogP contribution is -2.29. The van der Waals surface area contributed by atoms with Gasteiger partial charge in [0.05, 0.1) is 26.2 Å². The van der Waals surface area contributed by atoms with Crippen LogP contribution in [0, 0.1) is 5.92 Å². The van der Waals surface area contributed by atoms with E-state index in [0.717, 1.165) is 12.0 Å². The number of benzene rings is 1. The third-order valence-electron chi connectivity index (χ3n) is 3.39. The van der Waals surface area contributed by atoms with Gasteiger partial charge in [-0.15, -0.1) is 0 Å². The van der Waals surface area contributed by atoms with Crippen LogP contribution in [0.2, 0.25) is 0 Å². The third kappa shape index (κ3) is 2.81. The number of rotatable bonds is 4. The Labute approximate surface area is 112 Å². The van der Waals surface area contributed by atoms with Gasteiger partial charge in [0.15, 0.2) is 0 Å². The number of methoxy groups -OCH3 is 2. The van der Waals surface area contributed by atoms with Gasteiger partial charge in [0, 0.05) is 18.2 Å². The maximum absolute atomic E-state index is 11.3. The van der Waals surface area contributed by atoms with E-state index in [-0.39, 0.29) is 0 Å². The van der Waals surface area contributed by atoms with Crippen LogP contribution in [0.5, 0.6) is 11.5 Å². The predicted octanol–water partition coefficient (Wildman–Crippen LogP) is 2.26. The minimum atomic E-state index is -0.831. The summed E-state index contributed by atoms with van der Waals surface area (Å²) in [4.78, 5) is 11.3. The van der Waals surface area contributed by atoms with Gasteiger partial charge >= 0.3 is 5.97 Å². The number of aliphatic carboxylic acids is 1. The molecule has 0 radical (unpaired) electrons. The lowest BCUT2D eigenvalue weighted by atomic mass is 9.89. The van der Waals surface area contributed by atoms with Gasteiger partial charge in [-0.3, -0.25) is 4.79 Å². The molecule has 1 aliphatic heterocycles. The highest BCUT2D eigenvalue weighted by molar-refractivity contribution is 5.71. The maximum atomic E-state index is 11.3. The minimum absolute atomic E-state index is 0.466. The molecule has 5 nitrogen and oxygen atoms in total. The van der Waals surface area contributed by atoms with Crippen molar-refractivity contribution in [3.63, 3.8) is 0 Å². The molecule has 0 amide bonds. The first-order valence-electron chi connectivity index (χ1n) is 6.23. The van der Waals surface area contributed by atoms with Crippen LogP contribution in [-0.2, 0) is 9.53 Å². The van der Waals surface area contributed by atoms with Gasteiger partial charge in [0.25, 0.3) is 0 Å². The smallest absolute Gasteiger partial charge is 0.309 e. The number of hydrogen-bond donors (Lipinski definition) is 1. The average molecular weight is 266 g/mol. The van der Waals surface area contributed by atoms with E-state index in [4.69, 9.17) is 14.2 Å². The molecule has 2 rings (SSSR count). The summed E-state index contributed by atoms with van der Waals surface area (Å²) < 4.78 is 16.1. The fraction of sp³-hybridized carbons (Fsp3) is 0.500. The molecule has 1 saturated heterocycles. The summed E-state index contributed by atoms with van der Waals surface area (Å²) in [6.45, 7) is 0.573. The van der Waals surface area contributed by atoms with Crippen molar-refractivity contribution in [2.45, 2.75) is 18.9 Å². The van der Waals surface area contributed by atoms with E-state index in [2.05, 4.69) is 0 Å². The first kappa shape index (κ1) is 13.7. The number of carbonyl (C=O) groups is 1. The molecule has 1 heterocycles. The monoisotopic (exact) mass is 266 g/mol. The van der Waals surface area contributed by atoms with Crippen molar-refractivity contribution in [2.24, 2.45) is 5.92 Å². The number of carboxylic acids is 1. The van der Waals surface area contributed by atoms with Crippen LogP contribution < -0.4 is 9.47 Å². The van der Waals surface area contributed by atoms with Crippen LogP contribution in [0.15, 0.2) is 18.2 Å². The quantitative estimate of drug-likeness (QED) is 0.905. The number of carboxylic acid groups (broad SMARTS) is 1. The van der Waals surface area contributed by atoms with Crippen LogP contribution in [0.4, 0.5) is 0 Å². The van der Waals surface area contributed by atoms with E-state index in [9.17, 15) is 9.90 Å². The molecule has 1 aromatic carbocycles. The molecule has 1 fully saturated rings. The topological polar surface area (TPSA) is 65.0 Å². The summed E-state index contributed by atoms with van der Waals surface area (Å²) in [5, 5.41) is 9.29. The molecule has 104 valence electrons. The third-order valence-corrected chi connectivity index (χ3v) is 3.39. The van der Waals surface area contributed by atoms with Crippen LogP contribution in [-0.4, -0.2) is 31.9 Å². The second-order valence-electron chi connectivity index (χ2n) is 4.49. The molecule has 0 aromatic heterocycles. The zero-order valence-electron chi connectivity index (χ0n) is 11.1. The SMILES string of the molecule is COc1ccc(C2OCCCC2C(=O)O)c(OC)c1. The second-order valence-corrected chi connectivity index (χ2v) is 4.49. The van der Waals surface area contributed by atoms with Gasteiger partial charge in [-0.25, -0.2) is 0 Å². The maximum Gasteiger partial charge on any atom is 0.309 e. The van der Waals surface area contributed by atoms with Gasteiger partial charge in [-0.2, -0.15) is 0 Å². The highest BCUT2D eigenvalue weighted by Crippen LogP contribution is 2.39. The second kappa shape index (κ2) is 5.93. The first-order valence-corrected chi connectivity index (χ1v) is 6.23. The van der Waals surface area contributed by atoms with Crippen molar-refractivity contribution in [1.29, 1.82) is 0 Å². The molecule has 1 aliphatic rings. The number of ether oxygens (including phenoxy) is 3. The van der Waals surface area contributed by atoms with Crippen LogP contribution in [0.3, 0.4) is 0 Å². The van der Waals surface area contributed by atoms with Gasteiger partial charge in [0.2, 0.25) is 0 Å². The molecule has 2 atom stereocenters. The van der Waals surface area contributed by atoms with Gasteiger partial charge in [-0.05, 0) is 25.0 Å². The predicted molar refractivity (Wildman–Crippen MR) is 68.6 cm³/mol. The van der Waals surface area contributed by atoms with Gasteiger partial charge in [-0.1, -0.05) is 0 Å². The molecule has 0 bridgehead atoms. The van der Waals surface area contributed by atoms with Crippen molar-refractivity contribution < 1.29 is 24.1 Å². The zero-order chi connectivity index (χ0) is 13.8. The molecule has 19 heavy (non-hydrogen) atoms. The summed E-state index contributed by atoms with van der Waals surface area (Å²) in [6, 6.07) is 5.34. The van der Waals surface area contributed by atoms with Crippen molar-refractivity contribution in [1.82, 2.24) is 0 Å². The lowest BCUT2D eigenvalue weighted by Gasteiger charge is -2.30. The fourth-order valence-electron chi connectivity index (χ4n) is 2.39. The summed E-state index contributed by atoms with van der Waals surface area (Å²) in [5.41, 5.74) is 0.760. The molecule has 1 aromatic rings. The van der Waals surface area contributed by atoms with Crippen molar-refractivity contribution in [3.8, 4) is 11.5 Å². The van der Waals surface area contributed by atoms with E-state index < -0.39 is 18.0 Å². The summed E-state index contributed by atoms with van der Waals surface area (Å²) in [5.74, 6) is -0.0978. The van der Waals surface area contributed by atoms with E-state index in [1.54, 1.807) is 26.4 Å². The molecular weight excluding hydrogens is 248 g/mol. The molecule has 0 saturated carbocycles. The molecular formula is C14H18O5. The highest BCUT2D eigenvalue weighted by atomic mass is 16.5. The Morgan fingerprint density at radius 1 is 1.37 bits per heavy atom. The van der Waals surface area contributed by atoms with Gasteiger partial charge in [0.1, 0.15) is 11.5 Å². The zero-order valence-corrected chi connectivity index (χ0v) is 11.1. The van der Waals surface area contributed by atoms with E-state index in [0.29, 0.717) is 24.5 Å². The van der Waals surface area contributed by atoms with E-state index in [1.165, 1.54) is 0 Å². The average Bonchev–Trinajstić information content (AvgIpc) is 2.46. The standard InChI is InChI=1S/C14H18O5/c1-17-9-5-6-10(12(8-9)18-2)13-11(14(15)16)4-3-7-19-13/h5-6,8,11,13H,3-4,7H2,1-2H3,(H,15,16). The van der Waals surface area contributed by atoms with Crippen molar-refractivity contribution in [3.05, 3.63) is 23.8 Å². The number of hydrogen-bond acceptors (Lipinski definition) is 4. The normalized spacial score (nSPS) is 22.8. The van der Waals surface area contributed by atoms with Crippen molar-refractivity contribution in [2.75, 3.05) is 20.8 Å². The minimum Gasteiger partial charge on any atom is -0.497 e. The first-order chi connectivity index (χ1) is 9.17. The highest BCUT2D eigenvalue weighted by Gasteiger charge is 2.34. The summed E-state index contributed by atoms with van der Waals surface area (Å²) in [6.07, 6.45) is 0.924. The van der Waals surface area contributed by atoms with E-state index in [1.807, 2.05) is 6.07 Å². The molecule has 1 N–H and O–H groups in total. The Bertz CT molecular complexity index is 457. The Balaban J connectivity index is 2.35. The Morgan fingerprint density at radius 3 is 2.79 bits per heavy atom. The lowest BCUT2D eigenvalue weighted by molar-refractivity contribution is -0.152. The Kier molecular flexibility index (Phi) is 4.27. The Morgan fingerprint density at radius 2 is 2.16 bits per heavy atom. The molecule has 5 heteroatoms. The van der Waals surface area contributed by atoms with Crippen LogP contribution in [0.1, 0.15) is 24.5 Å². The molecule has 0 spiro atoms. The van der Waals surface area contributed by atoms with Gasteiger partial charge < -0.3 is 19.3 Å². The molecule has 2 unspecified atom stereocenters. The Hall–Kier alpha value is -1.75. The summed E-state index contributed by atoms with van der Waals surface area (Å²) >= 11 is 0. The fourth-order valence-corrected chi connectivity index (χ4v) is 2.39. The molecule has 0 aliphatic carbocycles. The van der Waals surface area contributed by atoms with Crippen LogP contribution in [0.25, 0.3) is 0 Å². The van der Waals surface area contributed by atoms with E-state index >= 15 is 0 Å². The summed E-state index contributed by atoms with van der Waals surface area (Å²) in [7, 11) is 3.13. The van der Waals surface area contributed by atoms with Crippen molar-refractivity contribution >= 4 is 5.97 Å².